The Bertz CT molecular complexity index is 4010. The quantitative estimate of drug-likeness (QED) is 0.159. The van der Waals surface area contributed by atoms with Crippen molar-refractivity contribution in [1.29, 1.82) is 0 Å². The highest BCUT2D eigenvalue weighted by molar-refractivity contribution is 6.99. The molecule has 0 aromatic heterocycles. The summed E-state index contributed by atoms with van der Waals surface area (Å²) >= 11 is 0. The van der Waals surface area contributed by atoms with Gasteiger partial charge in [-0.25, -0.2) is 0 Å². The summed E-state index contributed by atoms with van der Waals surface area (Å²) in [6.07, 6.45) is 2.29. The predicted octanol–water partition coefficient (Wildman–Crippen LogP) is 15.9. The Kier molecular flexibility index (Phi) is 9.99. The number of para-hydroxylation sites is 1. The third-order valence-electron chi connectivity index (χ3n) is 14.9. The minimum Gasteiger partial charge on any atom is -0.430 e. The van der Waals surface area contributed by atoms with E-state index in [0.717, 1.165) is 11.4 Å². The molecule has 0 N–H and O–H groups in total. The SMILES string of the molecule is CC(C)(C)c1ccc(N2B(c3ccccc3)C=CN(c3ccccc3)B2c2ccccc2)cc1-c1ccc2c3cccc4c3-c3c(cccc3c3ccccc3c2c1)c1ccccc1c1ccccc41. The summed E-state index contributed by atoms with van der Waals surface area (Å²) in [5.74, 6) is 2.37. The first-order valence-corrected chi connectivity index (χ1v) is 24.7. The third-order valence-corrected chi connectivity index (χ3v) is 14.9. The zero-order valence-electron chi connectivity index (χ0n) is 39.7. The van der Waals surface area contributed by atoms with Gasteiger partial charge in [-0.1, -0.05) is 238 Å². The van der Waals surface area contributed by atoms with Gasteiger partial charge in [0.15, 0.2) is 0 Å². The second-order valence-corrected chi connectivity index (χ2v) is 20.0. The first kappa shape index (κ1) is 41.8. The van der Waals surface area contributed by atoms with Crippen LogP contribution in [0.25, 0.3) is 86.9 Å². The summed E-state index contributed by atoms with van der Waals surface area (Å²) in [5.41, 5.74) is 11.0. The van der Waals surface area contributed by atoms with E-state index in [9.17, 15) is 0 Å². The van der Waals surface area contributed by atoms with E-state index in [-0.39, 0.29) is 19.2 Å². The fourth-order valence-electron chi connectivity index (χ4n) is 11.8. The Hall–Kier alpha value is -8.33. The lowest BCUT2D eigenvalue weighted by atomic mass is 9.43. The van der Waals surface area contributed by atoms with Crippen molar-refractivity contribution in [3.05, 3.63) is 254 Å². The van der Waals surface area contributed by atoms with Crippen molar-refractivity contribution in [3.8, 4) is 22.3 Å². The highest BCUT2D eigenvalue weighted by Gasteiger charge is 2.42. The standard InChI is InChI=1S/C66H50B2N2/c1-66(2,3)63-40-38-49(70-67(46-21-7-4-8-22-46)41-42-69(48-25-11-6-12-26-48)68(70)47-23-9-5-10-24-47)44-61(63)45-37-39-56-60-36-20-34-58-53-30-16-14-28-51(53)50-27-13-15-29-52(50)57-33-19-35-59(64(57)65(58)60)54-31-17-18-32-55(54)62(56)43-45/h4-44H,1-3H3. The van der Waals surface area contributed by atoms with Crippen LogP contribution in [0.5, 0.6) is 0 Å². The molecule has 2 aliphatic carbocycles. The van der Waals surface area contributed by atoms with Crippen molar-refractivity contribution >= 4 is 101 Å². The van der Waals surface area contributed by atoms with Crippen LogP contribution in [-0.2, 0) is 5.41 Å². The molecule has 1 aliphatic heterocycles. The van der Waals surface area contributed by atoms with E-state index in [0.29, 0.717) is 0 Å². The first-order valence-electron chi connectivity index (χ1n) is 24.7. The van der Waals surface area contributed by atoms with Gasteiger partial charge in [0.1, 0.15) is 0 Å². The molecule has 3 aliphatic rings. The smallest absolute Gasteiger partial charge is 0.403 e. The molecule has 13 rings (SSSR count). The van der Waals surface area contributed by atoms with Crippen LogP contribution in [0.15, 0.2) is 249 Å². The maximum Gasteiger partial charge on any atom is 0.403 e. The lowest BCUT2D eigenvalue weighted by Gasteiger charge is -2.45. The molecule has 0 amide bonds. The Labute approximate surface area is 411 Å². The van der Waals surface area contributed by atoms with E-state index in [4.69, 9.17) is 0 Å². The van der Waals surface area contributed by atoms with Gasteiger partial charge in [0.05, 0.1) is 0 Å². The van der Waals surface area contributed by atoms with Crippen molar-refractivity contribution in [2.24, 2.45) is 0 Å². The van der Waals surface area contributed by atoms with Crippen LogP contribution in [0.1, 0.15) is 26.3 Å². The molecule has 0 fully saturated rings. The normalized spacial score (nSPS) is 13.2. The fourth-order valence-corrected chi connectivity index (χ4v) is 11.8. The molecule has 2 nitrogen and oxygen atoms in total. The molecule has 0 spiro atoms. The minimum atomic E-state index is -0.139. The van der Waals surface area contributed by atoms with Crippen molar-refractivity contribution in [1.82, 2.24) is 0 Å². The Morgan fingerprint density at radius 3 is 1.29 bits per heavy atom. The van der Waals surface area contributed by atoms with Crippen molar-refractivity contribution in [3.63, 3.8) is 0 Å². The van der Waals surface area contributed by atoms with Gasteiger partial charge in [0.2, 0.25) is 0 Å². The number of nitrogens with zero attached hydrogens (tertiary/aromatic N) is 2. The van der Waals surface area contributed by atoms with Gasteiger partial charge >= 0.3 is 13.8 Å². The molecular weight excluding hydrogens is 842 g/mol. The Morgan fingerprint density at radius 1 is 0.343 bits per heavy atom. The molecule has 0 radical (unpaired) electrons. The van der Waals surface area contributed by atoms with Gasteiger partial charge < -0.3 is 9.53 Å². The van der Waals surface area contributed by atoms with E-state index in [1.165, 1.54) is 103 Å². The number of anilines is 2. The molecule has 330 valence electrons. The second kappa shape index (κ2) is 16.7. The summed E-state index contributed by atoms with van der Waals surface area (Å²) in [5, 5.41) is 15.0. The number of fused-ring (bicyclic) bond motifs is 10. The number of rotatable bonds is 5. The molecule has 0 saturated carbocycles. The fraction of sp³-hybridized carbons (Fsp3) is 0.0606. The summed E-state index contributed by atoms with van der Waals surface area (Å²) in [6.45, 7) is 6.89. The van der Waals surface area contributed by atoms with Gasteiger partial charge in [-0.2, -0.15) is 0 Å². The van der Waals surface area contributed by atoms with Crippen molar-refractivity contribution in [2.75, 3.05) is 9.53 Å². The second-order valence-electron chi connectivity index (χ2n) is 20.0. The predicted molar refractivity (Wildman–Crippen MR) is 305 cm³/mol. The minimum absolute atomic E-state index is 0.0260. The van der Waals surface area contributed by atoms with Gasteiger partial charge in [0.25, 0.3) is 0 Å². The number of hydrogen-bond acceptors (Lipinski definition) is 2. The van der Waals surface area contributed by atoms with Gasteiger partial charge in [-0.05, 0) is 140 Å². The molecule has 0 atom stereocenters. The lowest BCUT2D eigenvalue weighted by Crippen LogP contribution is -2.68. The Balaban J connectivity index is 1.12. The van der Waals surface area contributed by atoms with E-state index < -0.39 is 0 Å². The lowest BCUT2D eigenvalue weighted by molar-refractivity contribution is 0.592. The summed E-state index contributed by atoms with van der Waals surface area (Å²) < 4.78 is 2.63. The third kappa shape index (κ3) is 6.81. The maximum absolute atomic E-state index is 2.63. The van der Waals surface area contributed by atoms with Crippen LogP contribution >= 0.6 is 0 Å². The van der Waals surface area contributed by atoms with Gasteiger partial charge in [-0.3, -0.25) is 0 Å². The average molecular weight is 893 g/mol. The van der Waals surface area contributed by atoms with Crippen LogP contribution in [-0.4, -0.2) is 13.8 Å². The van der Waals surface area contributed by atoms with E-state index in [1.54, 1.807) is 0 Å². The molecule has 10 aromatic rings. The zero-order chi connectivity index (χ0) is 46.9. The molecule has 0 bridgehead atoms. The molecule has 4 heteroatoms. The first-order chi connectivity index (χ1) is 34.4. The molecule has 70 heavy (non-hydrogen) atoms. The summed E-state index contributed by atoms with van der Waals surface area (Å²) in [6, 6.07) is 88.3. The number of benzene rings is 10. The summed E-state index contributed by atoms with van der Waals surface area (Å²) in [7, 11) is 0. The van der Waals surface area contributed by atoms with E-state index in [2.05, 4.69) is 279 Å². The molecular formula is C66H50B2N2. The van der Waals surface area contributed by atoms with Crippen LogP contribution < -0.4 is 20.5 Å². The zero-order valence-corrected chi connectivity index (χ0v) is 39.7. The van der Waals surface area contributed by atoms with E-state index in [1.807, 2.05) is 0 Å². The van der Waals surface area contributed by atoms with Crippen LogP contribution in [0.4, 0.5) is 11.4 Å². The summed E-state index contributed by atoms with van der Waals surface area (Å²) in [4.78, 5) is 2.43. The topological polar surface area (TPSA) is 6.48 Å². The average Bonchev–Trinajstić information content (AvgIpc) is 3.41. The molecule has 10 aromatic carbocycles. The molecule has 0 saturated heterocycles. The van der Waals surface area contributed by atoms with Gasteiger partial charge in [0, 0.05) is 11.4 Å². The van der Waals surface area contributed by atoms with Crippen LogP contribution in [0, 0.1) is 0 Å². The molecule has 0 unspecified atom stereocenters. The van der Waals surface area contributed by atoms with Crippen LogP contribution in [0.3, 0.4) is 0 Å². The monoisotopic (exact) mass is 892 g/mol. The maximum atomic E-state index is 2.63. The van der Waals surface area contributed by atoms with Crippen molar-refractivity contribution in [2.45, 2.75) is 26.2 Å². The highest BCUT2D eigenvalue weighted by Crippen LogP contribution is 2.48. The van der Waals surface area contributed by atoms with Crippen molar-refractivity contribution < 1.29 is 0 Å². The van der Waals surface area contributed by atoms with Gasteiger partial charge in [-0.15, -0.1) is 0 Å². The Morgan fingerprint density at radius 2 is 0.771 bits per heavy atom. The van der Waals surface area contributed by atoms with Crippen LogP contribution in [0.2, 0.25) is 0 Å². The molecule has 1 heterocycles. The largest absolute Gasteiger partial charge is 0.430 e. The van der Waals surface area contributed by atoms with E-state index >= 15 is 0 Å². The highest BCUT2D eigenvalue weighted by atomic mass is 15.2. The number of hydrogen-bond donors (Lipinski definition) is 0.